The first-order valence-electron chi connectivity index (χ1n) is 5.97. The lowest BCUT2D eigenvalue weighted by Gasteiger charge is -2.23. The van der Waals surface area contributed by atoms with Gasteiger partial charge >= 0.3 is 0 Å². The van der Waals surface area contributed by atoms with Crippen LogP contribution in [-0.4, -0.2) is 50.6 Å². The van der Waals surface area contributed by atoms with Gasteiger partial charge in [0, 0.05) is 12.6 Å². The molecule has 0 aliphatic rings. The minimum Gasteiger partial charge on any atom is -0.342 e. The third-order valence-corrected chi connectivity index (χ3v) is 2.26. The molecule has 0 heterocycles. The topological polar surface area (TPSA) is 68.2 Å². The normalized spacial score (nSPS) is 12.5. The zero-order valence-corrected chi connectivity index (χ0v) is 11.3. The molecule has 17 heavy (non-hydrogen) atoms. The second-order valence-corrected chi connectivity index (χ2v) is 4.90. The standard InChI is InChI=1S/C12H24N4O/c1-10(2)7-11(9-16(3)4)15-8-12(17)14-6-5-13/h10-11,15H,6-9H2,1-4H3,(H,14,17). The largest absolute Gasteiger partial charge is 0.342 e. The third kappa shape index (κ3) is 9.79. The summed E-state index contributed by atoms with van der Waals surface area (Å²) in [7, 11) is 4.04. The Balaban J connectivity index is 3.98. The summed E-state index contributed by atoms with van der Waals surface area (Å²) in [4.78, 5) is 13.4. The number of rotatable bonds is 8. The summed E-state index contributed by atoms with van der Waals surface area (Å²) in [5.41, 5.74) is 0. The summed E-state index contributed by atoms with van der Waals surface area (Å²) < 4.78 is 0. The van der Waals surface area contributed by atoms with Crippen molar-refractivity contribution in [3.05, 3.63) is 0 Å². The second kappa shape index (κ2) is 8.97. The Labute approximate surface area is 104 Å². The molecule has 0 aliphatic heterocycles. The lowest BCUT2D eigenvalue weighted by atomic mass is 10.0. The lowest BCUT2D eigenvalue weighted by molar-refractivity contribution is -0.120. The van der Waals surface area contributed by atoms with Gasteiger partial charge in [-0.05, 0) is 26.4 Å². The van der Waals surface area contributed by atoms with E-state index < -0.39 is 0 Å². The van der Waals surface area contributed by atoms with Crippen LogP contribution >= 0.6 is 0 Å². The van der Waals surface area contributed by atoms with Gasteiger partial charge in [0.15, 0.2) is 0 Å². The van der Waals surface area contributed by atoms with E-state index in [-0.39, 0.29) is 19.0 Å². The van der Waals surface area contributed by atoms with Gasteiger partial charge in [-0.3, -0.25) is 4.79 Å². The fourth-order valence-electron chi connectivity index (χ4n) is 1.67. The van der Waals surface area contributed by atoms with E-state index in [1.807, 2.05) is 20.2 Å². The highest BCUT2D eigenvalue weighted by Gasteiger charge is 2.12. The summed E-state index contributed by atoms with van der Waals surface area (Å²) in [6.07, 6.45) is 1.03. The lowest BCUT2D eigenvalue weighted by Crippen LogP contribution is -2.44. The van der Waals surface area contributed by atoms with Crippen LogP contribution in [0, 0.1) is 17.2 Å². The van der Waals surface area contributed by atoms with Crippen molar-refractivity contribution in [2.24, 2.45) is 5.92 Å². The Hall–Kier alpha value is -1.12. The molecule has 0 fully saturated rings. The van der Waals surface area contributed by atoms with E-state index in [1.165, 1.54) is 0 Å². The number of carbonyl (C=O) groups excluding carboxylic acids is 1. The number of nitrogens with zero attached hydrogens (tertiary/aromatic N) is 2. The first-order chi connectivity index (χ1) is 7.95. The molecule has 0 aromatic heterocycles. The Kier molecular flexibility index (Phi) is 8.38. The average molecular weight is 240 g/mol. The van der Waals surface area contributed by atoms with Crippen molar-refractivity contribution >= 4 is 5.91 Å². The predicted octanol–water partition coefficient (Wildman–Crippen LogP) is 0.192. The van der Waals surface area contributed by atoms with Crippen LogP contribution in [0.5, 0.6) is 0 Å². The van der Waals surface area contributed by atoms with Crippen molar-refractivity contribution in [2.45, 2.75) is 26.3 Å². The van der Waals surface area contributed by atoms with Gasteiger partial charge in [-0.15, -0.1) is 0 Å². The van der Waals surface area contributed by atoms with Crippen LogP contribution in [0.2, 0.25) is 0 Å². The smallest absolute Gasteiger partial charge is 0.234 e. The molecule has 0 rings (SSSR count). The molecule has 1 unspecified atom stereocenters. The zero-order valence-electron chi connectivity index (χ0n) is 11.3. The highest BCUT2D eigenvalue weighted by Crippen LogP contribution is 2.05. The van der Waals surface area contributed by atoms with Crippen LogP contribution in [-0.2, 0) is 4.79 Å². The molecule has 98 valence electrons. The van der Waals surface area contributed by atoms with Crippen LogP contribution in [0.4, 0.5) is 0 Å². The number of likely N-dealkylation sites (N-methyl/N-ethyl adjacent to an activating group) is 1. The highest BCUT2D eigenvalue weighted by molar-refractivity contribution is 5.78. The van der Waals surface area contributed by atoms with Crippen molar-refractivity contribution in [1.82, 2.24) is 15.5 Å². The summed E-state index contributed by atoms with van der Waals surface area (Å²) in [5, 5.41) is 14.1. The molecule has 0 saturated carbocycles. The van der Waals surface area contributed by atoms with E-state index >= 15 is 0 Å². The summed E-state index contributed by atoms with van der Waals surface area (Å²) in [6, 6.07) is 2.19. The van der Waals surface area contributed by atoms with E-state index in [9.17, 15) is 4.79 Å². The summed E-state index contributed by atoms with van der Waals surface area (Å²) >= 11 is 0. The maximum Gasteiger partial charge on any atom is 0.234 e. The fraction of sp³-hybridized carbons (Fsp3) is 0.833. The molecule has 0 aliphatic carbocycles. The van der Waals surface area contributed by atoms with Gasteiger partial charge in [0.05, 0.1) is 12.6 Å². The van der Waals surface area contributed by atoms with Gasteiger partial charge in [0.25, 0.3) is 0 Å². The maximum absolute atomic E-state index is 11.3. The van der Waals surface area contributed by atoms with Gasteiger partial charge < -0.3 is 15.5 Å². The van der Waals surface area contributed by atoms with Crippen LogP contribution in [0.1, 0.15) is 20.3 Å². The number of hydrogen-bond acceptors (Lipinski definition) is 4. The summed E-state index contributed by atoms with van der Waals surface area (Å²) in [6.45, 7) is 5.58. The van der Waals surface area contributed by atoms with Gasteiger partial charge in [-0.2, -0.15) is 5.26 Å². The molecule has 2 N–H and O–H groups in total. The monoisotopic (exact) mass is 240 g/mol. The highest BCUT2D eigenvalue weighted by atomic mass is 16.1. The average Bonchev–Trinajstić information content (AvgIpc) is 2.21. The van der Waals surface area contributed by atoms with Crippen LogP contribution < -0.4 is 10.6 Å². The van der Waals surface area contributed by atoms with Crippen LogP contribution in [0.25, 0.3) is 0 Å². The first kappa shape index (κ1) is 15.9. The molecule has 0 aromatic rings. The van der Waals surface area contributed by atoms with E-state index in [0.29, 0.717) is 12.0 Å². The van der Waals surface area contributed by atoms with Crippen LogP contribution in [0.3, 0.4) is 0 Å². The van der Waals surface area contributed by atoms with Crippen molar-refractivity contribution in [2.75, 3.05) is 33.7 Å². The molecule has 0 bridgehead atoms. The Morgan fingerprint density at radius 1 is 1.41 bits per heavy atom. The SMILES string of the molecule is CC(C)CC(CN(C)C)NCC(=O)NCC#N. The van der Waals surface area contributed by atoms with E-state index in [2.05, 4.69) is 29.4 Å². The van der Waals surface area contributed by atoms with Crippen molar-refractivity contribution < 1.29 is 4.79 Å². The van der Waals surface area contributed by atoms with Crippen molar-refractivity contribution in [1.29, 1.82) is 5.26 Å². The molecule has 1 amide bonds. The van der Waals surface area contributed by atoms with Crippen molar-refractivity contribution in [3.63, 3.8) is 0 Å². The zero-order chi connectivity index (χ0) is 13.3. The molecule has 0 radical (unpaired) electrons. The minimum atomic E-state index is -0.126. The Bertz CT molecular complexity index is 248. The summed E-state index contributed by atoms with van der Waals surface area (Å²) in [5.74, 6) is 0.466. The van der Waals surface area contributed by atoms with Crippen LogP contribution in [0.15, 0.2) is 0 Å². The third-order valence-electron chi connectivity index (χ3n) is 2.26. The predicted molar refractivity (Wildman–Crippen MR) is 68.4 cm³/mol. The van der Waals surface area contributed by atoms with Gasteiger partial charge in [-0.1, -0.05) is 13.8 Å². The Morgan fingerprint density at radius 2 is 2.06 bits per heavy atom. The van der Waals surface area contributed by atoms with E-state index in [4.69, 9.17) is 5.26 Å². The van der Waals surface area contributed by atoms with Gasteiger partial charge in [0.1, 0.15) is 6.54 Å². The van der Waals surface area contributed by atoms with E-state index in [1.54, 1.807) is 0 Å². The molecular weight excluding hydrogens is 216 g/mol. The molecule has 0 saturated heterocycles. The van der Waals surface area contributed by atoms with E-state index in [0.717, 1.165) is 13.0 Å². The van der Waals surface area contributed by atoms with Gasteiger partial charge in [0.2, 0.25) is 5.91 Å². The van der Waals surface area contributed by atoms with Crippen molar-refractivity contribution in [3.8, 4) is 6.07 Å². The minimum absolute atomic E-state index is 0.0725. The quantitative estimate of drug-likeness (QED) is 0.594. The first-order valence-corrected chi connectivity index (χ1v) is 5.97. The number of hydrogen-bond donors (Lipinski definition) is 2. The molecule has 5 heteroatoms. The number of carbonyl (C=O) groups is 1. The Morgan fingerprint density at radius 3 is 2.53 bits per heavy atom. The fourth-order valence-corrected chi connectivity index (χ4v) is 1.67. The molecular formula is C12H24N4O. The number of nitriles is 1. The van der Waals surface area contributed by atoms with Gasteiger partial charge in [-0.25, -0.2) is 0 Å². The maximum atomic E-state index is 11.3. The number of amides is 1. The molecule has 0 aromatic carbocycles. The number of nitrogens with one attached hydrogen (secondary N) is 2. The molecule has 0 spiro atoms. The second-order valence-electron chi connectivity index (χ2n) is 4.90. The molecule has 1 atom stereocenters. The molecule has 5 nitrogen and oxygen atoms in total.